The van der Waals surface area contributed by atoms with E-state index in [1.807, 2.05) is 13.0 Å². The molecule has 0 amide bonds. The summed E-state index contributed by atoms with van der Waals surface area (Å²) in [5.41, 5.74) is 16.4. The highest BCUT2D eigenvalue weighted by Gasteiger charge is 2.51. The first-order valence-corrected chi connectivity index (χ1v) is 22.4. The molecule has 2 aliphatic carbocycles. The maximum Gasteiger partial charge on any atom is 0.494 e. The molecule has 4 nitrogen and oxygen atoms in total. The van der Waals surface area contributed by atoms with E-state index >= 15 is 0 Å². The van der Waals surface area contributed by atoms with E-state index in [9.17, 15) is 0 Å². The van der Waals surface area contributed by atoms with Crippen LogP contribution in [0.15, 0.2) is 175 Å². The molecule has 1 fully saturated rings. The van der Waals surface area contributed by atoms with Gasteiger partial charge in [0.2, 0.25) is 0 Å². The van der Waals surface area contributed by atoms with Gasteiger partial charge in [-0.3, -0.25) is 0 Å². The van der Waals surface area contributed by atoms with Gasteiger partial charge >= 0.3 is 7.12 Å². The quantitative estimate of drug-likeness (QED) is 0.111. The highest BCUT2D eigenvalue weighted by molar-refractivity contribution is 6.62. The zero-order valence-corrected chi connectivity index (χ0v) is 38.5. The summed E-state index contributed by atoms with van der Waals surface area (Å²) >= 11 is 0. The summed E-state index contributed by atoms with van der Waals surface area (Å²) in [4.78, 5) is 4.99. The van der Waals surface area contributed by atoms with Gasteiger partial charge in [-0.25, -0.2) is 0 Å². The topological polar surface area (TPSA) is 24.9 Å². The van der Waals surface area contributed by atoms with Crippen LogP contribution < -0.4 is 15.3 Å². The van der Waals surface area contributed by atoms with Gasteiger partial charge in [-0.15, -0.1) is 0 Å². The molecular weight excluding hydrogens is 755 g/mol. The van der Waals surface area contributed by atoms with Crippen LogP contribution in [0.25, 0.3) is 17.2 Å². The lowest BCUT2D eigenvalue weighted by Crippen LogP contribution is -2.41. The lowest BCUT2D eigenvalue weighted by atomic mass is 9.79. The smallest absolute Gasteiger partial charge is 0.399 e. The van der Waals surface area contributed by atoms with Crippen LogP contribution in [0.4, 0.5) is 17.1 Å². The predicted octanol–water partition coefficient (Wildman–Crippen LogP) is 13.9. The number of hydrogen-bond donors (Lipinski definition) is 0. The largest absolute Gasteiger partial charge is 0.494 e. The lowest BCUT2D eigenvalue weighted by Gasteiger charge is -2.32. The highest BCUT2D eigenvalue weighted by atomic mass is 16.7. The summed E-state index contributed by atoms with van der Waals surface area (Å²) in [5, 5.41) is 0. The van der Waals surface area contributed by atoms with Gasteiger partial charge in [0.1, 0.15) is 0 Å². The number of rotatable bonds is 11. The molecule has 0 radical (unpaired) electrons. The third-order valence-electron chi connectivity index (χ3n) is 14.0. The van der Waals surface area contributed by atoms with Crippen LogP contribution in [0.2, 0.25) is 0 Å². The first-order valence-electron chi connectivity index (χ1n) is 22.4. The molecule has 1 saturated heterocycles. The van der Waals surface area contributed by atoms with Crippen molar-refractivity contribution in [2.75, 3.05) is 9.80 Å². The number of nitrogens with zero attached hydrogens (tertiary/aromatic N) is 2. The second-order valence-electron chi connectivity index (χ2n) is 18.9. The number of hydrogen-bond acceptors (Lipinski definition) is 4. The van der Waals surface area contributed by atoms with Crippen LogP contribution in [0.5, 0.6) is 0 Å². The zero-order valence-electron chi connectivity index (χ0n) is 38.5. The summed E-state index contributed by atoms with van der Waals surface area (Å²) in [6.45, 7) is 26.5. The maximum absolute atomic E-state index is 6.37. The van der Waals surface area contributed by atoms with Crippen molar-refractivity contribution < 1.29 is 9.31 Å². The van der Waals surface area contributed by atoms with Crippen molar-refractivity contribution in [3.8, 4) is 0 Å². The Labute approximate surface area is 372 Å². The van der Waals surface area contributed by atoms with Crippen molar-refractivity contribution in [1.29, 1.82) is 0 Å². The van der Waals surface area contributed by atoms with Gasteiger partial charge in [0, 0.05) is 34.2 Å². The lowest BCUT2D eigenvalue weighted by molar-refractivity contribution is 0.00578. The minimum Gasteiger partial charge on any atom is -0.399 e. The Bertz CT molecular complexity index is 2540. The molecule has 2 aliphatic heterocycles. The second kappa shape index (κ2) is 16.9. The average molecular weight is 819 g/mol. The summed E-state index contributed by atoms with van der Waals surface area (Å²) in [6.07, 6.45) is 21.8. The van der Waals surface area contributed by atoms with E-state index in [0.717, 1.165) is 18.3 Å². The Kier molecular flexibility index (Phi) is 11.8. The molecule has 4 aliphatic rings. The molecule has 8 rings (SSSR count). The van der Waals surface area contributed by atoms with Gasteiger partial charge in [-0.05, 0) is 166 Å². The van der Waals surface area contributed by atoms with Gasteiger partial charge in [-0.1, -0.05) is 130 Å². The van der Waals surface area contributed by atoms with Gasteiger partial charge < -0.3 is 19.1 Å². The van der Waals surface area contributed by atoms with Crippen LogP contribution in [-0.2, 0) is 14.7 Å². The summed E-state index contributed by atoms with van der Waals surface area (Å²) < 4.78 is 12.7. The molecule has 0 saturated carbocycles. The van der Waals surface area contributed by atoms with Gasteiger partial charge in [0.15, 0.2) is 0 Å². The molecule has 62 heavy (non-hydrogen) atoms. The van der Waals surface area contributed by atoms with E-state index in [0.29, 0.717) is 0 Å². The van der Waals surface area contributed by atoms with E-state index in [2.05, 4.69) is 224 Å². The van der Waals surface area contributed by atoms with Crippen molar-refractivity contribution in [3.05, 3.63) is 197 Å². The van der Waals surface area contributed by atoms with E-state index < -0.39 is 0 Å². The van der Waals surface area contributed by atoms with Crippen molar-refractivity contribution in [3.63, 3.8) is 0 Å². The number of fused-ring (bicyclic) bond motifs is 2. The molecule has 0 aromatic heterocycles. The minimum absolute atomic E-state index is 0.0824. The SMILES string of the molecule is C=C1/C(=C\CC(C)N(c2ccc(/C=C\C=C/C)cc2)c2ccc(/C(C)=C/C3=C(C)N(c4ccc(B5OC(C)(C)C(C)(C)O5)cc4)C4CC=CC=C34)cc2)c2ccccc2C1(C)C. The second-order valence-corrected chi connectivity index (χ2v) is 18.9. The Morgan fingerprint density at radius 2 is 1.52 bits per heavy atom. The Hall–Kier alpha value is -5.62. The summed E-state index contributed by atoms with van der Waals surface area (Å²) in [7, 11) is -0.378. The molecular formula is C57H63BN2O2. The Balaban J connectivity index is 1.07. The molecule has 5 heteroatoms. The first-order chi connectivity index (χ1) is 29.6. The Morgan fingerprint density at radius 1 is 0.871 bits per heavy atom. The van der Waals surface area contributed by atoms with Crippen LogP contribution >= 0.6 is 0 Å². The third-order valence-corrected chi connectivity index (χ3v) is 14.0. The van der Waals surface area contributed by atoms with E-state index in [1.54, 1.807) is 0 Å². The minimum atomic E-state index is -0.378. The third kappa shape index (κ3) is 7.98. The van der Waals surface area contributed by atoms with Crippen molar-refractivity contribution in [1.82, 2.24) is 0 Å². The predicted molar refractivity (Wildman–Crippen MR) is 266 cm³/mol. The highest BCUT2D eigenvalue weighted by Crippen LogP contribution is 2.49. The van der Waals surface area contributed by atoms with E-state index in [1.165, 1.54) is 72.9 Å². The molecule has 4 aromatic rings. The maximum atomic E-state index is 6.37. The van der Waals surface area contributed by atoms with Crippen LogP contribution in [-0.4, -0.2) is 30.4 Å². The molecule has 2 unspecified atom stereocenters. The van der Waals surface area contributed by atoms with Gasteiger partial charge in [0.25, 0.3) is 0 Å². The fourth-order valence-corrected chi connectivity index (χ4v) is 9.45. The number of anilines is 3. The first kappa shape index (κ1) is 43.1. The van der Waals surface area contributed by atoms with Crippen molar-refractivity contribution >= 4 is 46.9 Å². The number of allylic oxidation sites excluding steroid dienone is 10. The van der Waals surface area contributed by atoms with Crippen molar-refractivity contribution in [2.24, 2.45) is 0 Å². The van der Waals surface area contributed by atoms with Gasteiger partial charge in [-0.2, -0.15) is 0 Å². The normalized spacial score (nSPS) is 21.4. The van der Waals surface area contributed by atoms with E-state index in [4.69, 9.17) is 9.31 Å². The monoisotopic (exact) mass is 818 g/mol. The molecule has 316 valence electrons. The standard InChI is InChI=1S/C57H63BN2O2/c1-12-13-14-19-43-25-31-46(32-26-43)59(40(3)24-37-49-41(4)55(6,7)53-22-17-15-20-50(49)53)47-33-27-44(28-34-47)39(2)38-52-42(5)60(54-23-18-16-21-51(52)54)48-35-29-45(30-36-48)58-61-56(8,9)57(10,11)62-58/h12-22,25-38,40,54H,4,23-24H2,1-3,5-11H3/b13-12-,19-14-,39-38+,49-37+. The van der Waals surface area contributed by atoms with Gasteiger partial charge in [0.05, 0.1) is 17.2 Å². The fraction of sp³-hybridized carbons (Fsp3) is 0.298. The van der Waals surface area contributed by atoms with Crippen LogP contribution in [0.3, 0.4) is 0 Å². The van der Waals surface area contributed by atoms with Crippen LogP contribution in [0.1, 0.15) is 104 Å². The van der Waals surface area contributed by atoms with Crippen molar-refractivity contribution in [2.45, 2.75) is 111 Å². The summed E-state index contributed by atoms with van der Waals surface area (Å²) in [6, 6.07) is 36.1. The fourth-order valence-electron chi connectivity index (χ4n) is 9.45. The average Bonchev–Trinajstić information content (AvgIpc) is 3.75. The summed E-state index contributed by atoms with van der Waals surface area (Å²) in [5.74, 6) is 0. The zero-order chi connectivity index (χ0) is 44.0. The van der Waals surface area contributed by atoms with Crippen LogP contribution in [0, 0.1) is 0 Å². The Morgan fingerprint density at radius 3 is 2.18 bits per heavy atom. The molecule has 2 heterocycles. The van der Waals surface area contributed by atoms with E-state index in [-0.39, 0.29) is 35.8 Å². The molecule has 0 bridgehead atoms. The molecule has 0 spiro atoms. The molecule has 2 atom stereocenters. The molecule has 4 aromatic carbocycles. The molecule has 0 N–H and O–H groups in total. The number of benzene rings is 4.